The minimum atomic E-state index is -0.635. The molecular weight excluding hydrogens is 418 g/mol. The van der Waals surface area contributed by atoms with E-state index in [0.29, 0.717) is 24.0 Å². The number of nitro groups is 1. The molecule has 3 aromatic rings. The Kier molecular flexibility index (Phi) is 5.30. The van der Waals surface area contributed by atoms with E-state index in [9.17, 15) is 14.9 Å². The normalized spacial score (nSPS) is 19.5. The SMILES string of the molecule is COc1ccccc1C1CC(=O)C2=C(C1)Nc1ccccc1NC2c1ccccc1[N+](=O)[O-]. The van der Waals surface area contributed by atoms with Gasteiger partial charge in [0, 0.05) is 29.7 Å². The topological polar surface area (TPSA) is 93.5 Å². The average molecular weight is 441 g/mol. The molecule has 5 rings (SSSR count). The molecule has 0 saturated heterocycles. The Morgan fingerprint density at radius 1 is 0.909 bits per heavy atom. The predicted octanol–water partition coefficient (Wildman–Crippen LogP) is 5.58. The third-order valence-electron chi connectivity index (χ3n) is 6.33. The number of benzene rings is 3. The molecule has 0 amide bonds. The summed E-state index contributed by atoms with van der Waals surface area (Å²) < 4.78 is 5.55. The van der Waals surface area contributed by atoms with Gasteiger partial charge in [0.1, 0.15) is 5.75 Å². The van der Waals surface area contributed by atoms with Crippen molar-refractivity contribution in [3.63, 3.8) is 0 Å². The number of para-hydroxylation sites is 4. The number of fused-ring (bicyclic) bond motifs is 1. The number of hydrogen-bond acceptors (Lipinski definition) is 6. The van der Waals surface area contributed by atoms with Gasteiger partial charge in [-0.3, -0.25) is 14.9 Å². The lowest BCUT2D eigenvalue weighted by atomic mass is 9.78. The van der Waals surface area contributed by atoms with Gasteiger partial charge in [0.25, 0.3) is 5.69 Å². The molecule has 0 bridgehead atoms. The highest BCUT2D eigenvalue weighted by atomic mass is 16.6. The first-order valence-electron chi connectivity index (χ1n) is 10.8. The highest BCUT2D eigenvalue weighted by Gasteiger charge is 2.38. The Morgan fingerprint density at radius 2 is 1.58 bits per heavy atom. The van der Waals surface area contributed by atoms with Crippen LogP contribution in [0.3, 0.4) is 0 Å². The van der Waals surface area contributed by atoms with E-state index in [1.807, 2.05) is 48.5 Å². The van der Waals surface area contributed by atoms with Gasteiger partial charge in [0.2, 0.25) is 0 Å². The third-order valence-corrected chi connectivity index (χ3v) is 6.33. The van der Waals surface area contributed by atoms with Crippen LogP contribution < -0.4 is 15.4 Å². The van der Waals surface area contributed by atoms with Gasteiger partial charge in [-0.2, -0.15) is 0 Å². The van der Waals surface area contributed by atoms with Crippen LogP contribution in [0.5, 0.6) is 5.75 Å². The molecule has 0 spiro atoms. The zero-order valence-corrected chi connectivity index (χ0v) is 18.1. The van der Waals surface area contributed by atoms with Crippen molar-refractivity contribution in [1.82, 2.24) is 0 Å². The lowest BCUT2D eigenvalue weighted by Crippen LogP contribution is -2.27. The van der Waals surface area contributed by atoms with Gasteiger partial charge in [-0.05, 0) is 36.2 Å². The lowest BCUT2D eigenvalue weighted by molar-refractivity contribution is -0.385. The zero-order chi connectivity index (χ0) is 22.9. The van der Waals surface area contributed by atoms with Crippen molar-refractivity contribution in [2.45, 2.75) is 24.8 Å². The summed E-state index contributed by atoms with van der Waals surface area (Å²) in [5.41, 5.74) is 4.39. The maximum Gasteiger partial charge on any atom is 0.275 e. The molecule has 0 fully saturated rings. The van der Waals surface area contributed by atoms with E-state index in [1.54, 1.807) is 25.3 Å². The van der Waals surface area contributed by atoms with E-state index in [-0.39, 0.29) is 17.4 Å². The summed E-state index contributed by atoms with van der Waals surface area (Å²) >= 11 is 0. The summed E-state index contributed by atoms with van der Waals surface area (Å²) in [7, 11) is 1.63. The van der Waals surface area contributed by atoms with Crippen LogP contribution in [0.1, 0.15) is 35.9 Å². The van der Waals surface area contributed by atoms with E-state index in [0.717, 1.165) is 28.4 Å². The summed E-state index contributed by atoms with van der Waals surface area (Å²) in [5.74, 6) is 0.654. The number of carbonyl (C=O) groups is 1. The summed E-state index contributed by atoms with van der Waals surface area (Å²) in [6, 6.07) is 21.4. The van der Waals surface area contributed by atoms with Gasteiger partial charge in [-0.1, -0.05) is 42.5 Å². The maximum atomic E-state index is 13.6. The molecule has 166 valence electrons. The summed E-state index contributed by atoms with van der Waals surface area (Å²) in [4.78, 5) is 25.0. The van der Waals surface area contributed by atoms with E-state index >= 15 is 0 Å². The smallest absolute Gasteiger partial charge is 0.275 e. The fraction of sp³-hybridized carbons (Fsp3) is 0.192. The number of carbonyl (C=O) groups excluding carboxylic acids is 1. The predicted molar refractivity (Wildman–Crippen MR) is 127 cm³/mol. The van der Waals surface area contributed by atoms with E-state index < -0.39 is 11.0 Å². The fourth-order valence-electron chi connectivity index (χ4n) is 4.85. The molecule has 2 N–H and O–H groups in total. The van der Waals surface area contributed by atoms with Crippen LogP contribution in [-0.4, -0.2) is 17.8 Å². The van der Waals surface area contributed by atoms with Crippen molar-refractivity contribution >= 4 is 22.8 Å². The van der Waals surface area contributed by atoms with Crippen LogP contribution in [0.4, 0.5) is 17.1 Å². The van der Waals surface area contributed by atoms with Gasteiger partial charge in [-0.25, -0.2) is 0 Å². The molecule has 0 aromatic heterocycles. The second-order valence-electron chi connectivity index (χ2n) is 8.23. The number of ketones is 1. The summed E-state index contributed by atoms with van der Waals surface area (Å²) in [6.45, 7) is 0. The molecule has 0 radical (unpaired) electrons. The van der Waals surface area contributed by atoms with Gasteiger partial charge in [-0.15, -0.1) is 0 Å². The second kappa shape index (κ2) is 8.43. The minimum absolute atomic E-state index is 0.0131. The Labute approximate surface area is 191 Å². The van der Waals surface area contributed by atoms with Crippen LogP contribution in [0.25, 0.3) is 0 Å². The first kappa shape index (κ1) is 20.8. The van der Waals surface area contributed by atoms with Crippen LogP contribution in [0, 0.1) is 10.1 Å². The Bertz CT molecular complexity index is 1280. The maximum absolute atomic E-state index is 13.6. The number of nitro benzene ring substituents is 1. The molecule has 1 aliphatic heterocycles. The lowest BCUT2D eigenvalue weighted by Gasteiger charge is -2.30. The van der Waals surface area contributed by atoms with E-state index in [2.05, 4.69) is 10.6 Å². The van der Waals surface area contributed by atoms with E-state index in [4.69, 9.17) is 4.74 Å². The Hall–Kier alpha value is -4.13. The molecule has 2 atom stereocenters. The average Bonchev–Trinajstić information content (AvgIpc) is 3.00. The Balaban J connectivity index is 1.66. The van der Waals surface area contributed by atoms with Crippen LogP contribution in [0.2, 0.25) is 0 Å². The number of anilines is 2. The van der Waals surface area contributed by atoms with Crippen molar-refractivity contribution in [3.05, 3.63) is 105 Å². The second-order valence-corrected chi connectivity index (χ2v) is 8.23. The van der Waals surface area contributed by atoms with Crippen LogP contribution in [-0.2, 0) is 4.79 Å². The van der Waals surface area contributed by atoms with Crippen molar-refractivity contribution < 1.29 is 14.5 Å². The molecule has 7 nitrogen and oxygen atoms in total. The van der Waals surface area contributed by atoms with E-state index in [1.165, 1.54) is 6.07 Å². The highest BCUT2D eigenvalue weighted by molar-refractivity contribution is 6.01. The number of methoxy groups -OCH3 is 1. The van der Waals surface area contributed by atoms with Crippen LogP contribution >= 0.6 is 0 Å². The first-order valence-corrected chi connectivity index (χ1v) is 10.8. The number of allylic oxidation sites excluding steroid dienone is 1. The summed E-state index contributed by atoms with van der Waals surface area (Å²) in [6.07, 6.45) is 0.893. The number of nitrogens with zero attached hydrogens (tertiary/aromatic N) is 1. The Morgan fingerprint density at radius 3 is 2.33 bits per heavy atom. The molecule has 33 heavy (non-hydrogen) atoms. The van der Waals surface area contributed by atoms with Crippen LogP contribution in [0.15, 0.2) is 84.1 Å². The number of hydrogen-bond donors (Lipinski definition) is 2. The number of nitrogens with one attached hydrogen (secondary N) is 2. The first-order chi connectivity index (χ1) is 16.1. The fourth-order valence-corrected chi connectivity index (χ4v) is 4.85. The summed E-state index contributed by atoms with van der Waals surface area (Å²) in [5, 5.41) is 18.7. The van der Waals surface area contributed by atoms with Crippen molar-refractivity contribution in [1.29, 1.82) is 0 Å². The molecule has 0 saturated carbocycles. The molecule has 3 aromatic carbocycles. The standard InChI is InChI=1S/C26H23N3O4/c1-33-24-13-7-3-8-17(24)16-14-21-25(23(30)15-16)26(18-9-2-6-12-22(18)29(31)32)28-20-11-5-4-10-19(20)27-21/h2-13,16,26-28H,14-15H2,1H3. The molecule has 1 heterocycles. The number of ether oxygens (including phenoxy) is 1. The quantitative estimate of drug-likeness (QED) is 0.405. The molecule has 2 unspecified atom stereocenters. The monoisotopic (exact) mass is 441 g/mol. The largest absolute Gasteiger partial charge is 0.496 e. The van der Waals surface area contributed by atoms with Gasteiger partial charge >= 0.3 is 0 Å². The number of Topliss-reactive ketones (excluding diaryl/α,β-unsaturated/α-hetero) is 1. The van der Waals surface area contributed by atoms with Crippen molar-refractivity contribution in [3.8, 4) is 5.75 Å². The molecule has 2 aliphatic rings. The molecule has 1 aliphatic carbocycles. The van der Waals surface area contributed by atoms with Crippen molar-refractivity contribution in [2.75, 3.05) is 17.7 Å². The molecule has 7 heteroatoms. The minimum Gasteiger partial charge on any atom is -0.496 e. The van der Waals surface area contributed by atoms with Crippen molar-refractivity contribution in [2.24, 2.45) is 0 Å². The highest BCUT2D eigenvalue weighted by Crippen LogP contribution is 2.46. The van der Waals surface area contributed by atoms with Gasteiger partial charge in [0.05, 0.1) is 35.0 Å². The van der Waals surface area contributed by atoms with Gasteiger partial charge < -0.3 is 15.4 Å². The third kappa shape index (κ3) is 3.71. The van der Waals surface area contributed by atoms with Gasteiger partial charge in [0.15, 0.2) is 5.78 Å². The number of rotatable bonds is 4. The zero-order valence-electron chi connectivity index (χ0n) is 18.1. The molecular formula is C26H23N3O4.